The molecule has 6 N–H and O–H groups in total. The summed E-state index contributed by atoms with van der Waals surface area (Å²) in [6, 6.07) is 3.81. The fraction of sp³-hybridized carbons (Fsp3) is 0.464. The summed E-state index contributed by atoms with van der Waals surface area (Å²) in [5, 5.41) is 44.3. The normalized spacial score (nSPS) is 29.8. The number of aromatic hydroxyl groups is 2. The Labute approximate surface area is 224 Å². The van der Waals surface area contributed by atoms with Gasteiger partial charge in [-0.2, -0.15) is 0 Å². The van der Waals surface area contributed by atoms with Gasteiger partial charge < -0.3 is 40.4 Å². The number of rotatable bonds is 5. The maximum absolute atomic E-state index is 13.7. The SMILES string of the molecule is CCOc1cccc2c1C(=O)c1c(O)c3c(c(O)c1C2=O)C[C@@](O)(C(C)=O)C[C@@H]3OC1CC(N)C(O)C(C)O1. The number of carbonyl (C=O) groups is 3. The van der Waals surface area contributed by atoms with E-state index in [0.29, 0.717) is 0 Å². The van der Waals surface area contributed by atoms with E-state index < -0.39 is 82.6 Å². The van der Waals surface area contributed by atoms with Crippen LogP contribution in [0, 0.1) is 0 Å². The lowest BCUT2D eigenvalue weighted by Crippen LogP contribution is -2.52. The summed E-state index contributed by atoms with van der Waals surface area (Å²) in [6.45, 7) is 4.74. The molecule has 11 nitrogen and oxygen atoms in total. The molecule has 0 spiro atoms. The van der Waals surface area contributed by atoms with Crippen LogP contribution in [0.5, 0.6) is 17.2 Å². The van der Waals surface area contributed by atoms with Crippen molar-refractivity contribution in [3.8, 4) is 17.2 Å². The van der Waals surface area contributed by atoms with Crippen LogP contribution in [-0.4, -0.2) is 74.5 Å². The van der Waals surface area contributed by atoms with E-state index in [0.717, 1.165) is 0 Å². The lowest BCUT2D eigenvalue weighted by Gasteiger charge is -2.42. The number of aliphatic hydroxyl groups excluding tert-OH is 1. The molecule has 0 aromatic heterocycles. The molecular formula is C28H31NO10. The number of ether oxygens (including phenoxy) is 3. The molecule has 3 aliphatic rings. The van der Waals surface area contributed by atoms with Gasteiger partial charge in [0.05, 0.1) is 41.6 Å². The third-order valence-corrected chi connectivity index (χ3v) is 7.88. The first kappa shape index (κ1) is 27.2. The van der Waals surface area contributed by atoms with Crippen molar-refractivity contribution in [2.24, 2.45) is 5.73 Å². The number of benzene rings is 2. The minimum Gasteiger partial charge on any atom is -0.507 e. The molecule has 208 valence electrons. The maximum atomic E-state index is 13.7. The maximum Gasteiger partial charge on any atom is 0.202 e. The van der Waals surface area contributed by atoms with Crippen molar-refractivity contribution >= 4 is 17.3 Å². The molecule has 1 saturated heterocycles. The van der Waals surface area contributed by atoms with Gasteiger partial charge in [-0.05, 0) is 26.8 Å². The van der Waals surface area contributed by atoms with Gasteiger partial charge in [0.25, 0.3) is 0 Å². The quantitative estimate of drug-likeness (QED) is 0.294. The fourth-order valence-electron chi connectivity index (χ4n) is 5.76. The van der Waals surface area contributed by atoms with Gasteiger partial charge >= 0.3 is 0 Å². The van der Waals surface area contributed by atoms with Gasteiger partial charge in [-0.3, -0.25) is 14.4 Å². The van der Waals surface area contributed by atoms with Gasteiger partial charge in [0.15, 0.2) is 17.9 Å². The van der Waals surface area contributed by atoms with Gasteiger partial charge in [0, 0.05) is 42.0 Å². The van der Waals surface area contributed by atoms with Gasteiger partial charge in [0.2, 0.25) is 5.78 Å². The van der Waals surface area contributed by atoms with Crippen LogP contribution in [0.3, 0.4) is 0 Å². The molecule has 4 unspecified atom stereocenters. The van der Waals surface area contributed by atoms with Crippen molar-refractivity contribution in [1.82, 2.24) is 0 Å². The first-order valence-electron chi connectivity index (χ1n) is 12.8. The molecular weight excluding hydrogens is 510 g/mol. The largest absolute Gasteiger partial charge is 0.507 e. The van der Waals surface area contributed by atoms with Crippen molar-refractivity contribution in [3.05, 3.63) is 51.6 Å². The highest BCUT2D eigenvalue weighted by Gasteiger charge is 2.49. The van der Waals surface area contributed by atoms with Crippen LogP contribution < -0.4 is 10.5 Å². The number of hydrogen-bond acceptors (Lipinski definition) is 11. The Hall–Kier alpha value is -3.35. The zero-order valence-corrected chi connectivity index (χ0v) is 21.8. The Morgan fingerprint density at radius 1 is 1.15 bits per heavy atom. The Morgan fingerprint density at radius 3 is 2.49 bits per heavy atom. The van der Waals surface area contributed by atoms with Gasteiger partial charge in [0.1, 0.15) is 22.8 Å². The summed E-state index contributed by atoms with van der Waals surface area (Å²) >= 11 is 0. The number of ketones is 3. The second-order valence-electron chi connectivity index (χ2n) is 10.4. The molecule has 5 rings (SSSR count). The first-order chi connectivity index (χ1) is 18.4. The van der Waals surface area contributed by atoms with Gasteiger partial charge in [-0.25, -0.2) is 0 Å². The molecule has 1 aliphatic heterocycles. The van der Waals surface area contributed by atoms with Crippen LogP contribution in [0.25, 0.3) is 0 Å². The Balaban J connectivity index is 1.68. The number of aliphatic hydroxyl groups is 2. The van der Waals surface area contributed by atoms with Crippen LogP contribution in [0.4, 0.5) is 0 Å². The molecule has 1 heterocycles. The standard InChI is InChI=1S/C28H31NO10/c1-4-37-16-7-5-6-13-19(16)26(34)22-21(24(13)32)25(33)14-9-28(36,12(3)30)10-17(20(14)27(22)35)39-18-8-15(29)23(31)11(2)38-18/h5-7,11,15,17-18,23,31,33,35-36H,4,8-10,29H2,1-3H3/t11?,15?,17-,18?,23?,28-/m0/s1. The van der Waals surface area contributed by atoms with Gasteiger partial charge in [-0.15, -0.1) is 0 Å². The molecule has 0 radical (unpaired) electrons. The molecule has 1 fully saturated rings. The number of nitrogens with two attached hydrogens (primary N) is 1. The minimum atomic E-state index is -2.00. The summed E-state index contributed by atoms with van der Waals surface area (Å²) in [5.74, 6) is -3.11. The highest BCUT2D eigenvalue weighted by atomic mass is 16.7. The third kappa shape index (κ3) is 4.21. The smallest absolute Gasteiger partial charge is 0.202 e. The summed E-state index contributed by atoms with van der Waals surface area (Å²) in [6.07, 6.45) is -4.53. The predicted octanol–water partition coefficient (Wildman–Crippen LogP) is 1.42. The molecule has 39 heavy (non-hydrogen) atoms. The van der Waals surface area contributed by atoms with E-state index >= 15 is 0 Å². The summed E-state index contributed by atoms with van der Waals surface area (Å²) < 4.78 is 17.4. The van der Waals surface area contributed by atoms with E-state index in [4.69, 9.17) is 19.9 Å². The average Bonchev–Trinajstić information content (AvgIpc) is 2.87. The molecule has 0 bridgehead atoms. The van der Waals surface area contributed by atoms with Crippen molar-refractivity contribution in [1.29, 1.82) is 0 Å². The van der Waals surface area contributed by atoms with Crippen molar-refractivity contribution in [2.45, 2.75) is 76.3 Å². The lowest BCUT2D eigenvalue weighted by molar-refractivity contribution is -0.247. The highest BCUT2D eigenvalue weighted by Crippen LogP contribution is 2.52. The summed E-state index contributed by atoms with van der Waals surface area (Å²) in [4.78, 5) is 39.8. The van der Waals surface area contributed by atoms with Crippen molar-refractivity contribution < 1.29 is 49.0 Å². The zero-order valence-electron chi connectivity index (χ0n) is 21.8. The monoisotopic (exact) mass is 541 g/mol. The molecule has 2 aromatic rings. The van der Waals surface area contributed by atoms with E-state index in [1.54, 1.807) is 19.9 Å². The van der Waals surface area contributed by atoms with Crippen LogP contribution in [0.1, 0.15) is 82.7 Å². The zero-order chi connectivity index (χ0) is 28.4. The first-order valence-corrected chi connectivity index (χ1v) is 12.8. The topological polar surface area (TPSA) is 186 Å². The van der Waals surface area contributed by atoms with Crippen molar-refractivity contribution in [3.63, 3.8) is 0 Å². The number of carbonyl (C=O) groups excluding carboxylic acids is 3. The third-order valence-electron chi connectivity index (χ3n) is 7.88. The second kappa shape index (κ2) is 9.68. The number of Topliss-reactive ketones (excluding diaryl/α,β-unsaturated/α-hetero) is 1. The van der Waals surface area contributed by atoms with Crippen molar-refractivity contribution in [2.75, 3.05) is 6.61 Å². The van der Waals surface area contributed by atoms with Crippen LogP contribution in [-0.2, 0) is 20.7 Å². The Kier molecular flexibility index (Phi) is 6.76. The van der Waals surface area contributed by atoms with Crippen LogP contribution in [0.2, 0.25) is 0 Å². The highest BCUT2D eigenvalue weighted by molar-refractivity contribution is 6.31. The molecule has 11 heteroatoms. The second-order valence-corrected chi connectivity index (χ2v) is 10.4. The van der Waals surface area contributed by atoms with Crippen LogP contribution in [0.15, 0.2) is 18.2 Å². The van der Waals surface area contributed by atoms with E-state index in [1.165, 1.54) is 19.1 Å². The molecule has 0 amide bonds. The minimum absolute atomic E-state index is 0.00400. The van der Waals surface area contributed by atoms with Gasteiger partial charge in [-0.1, -0.05) is 12.1 Å². The molecule has 0 saturated carbocycles. The molecule has 2 aromatic carbocycles. The summed E-state index contributed by atoms with van der Waals surface area (Å²) in [5.41, 5.74) is 3.03. The Morgan fingerprint density at radius 2 is 1.85 bits per heavy atom. The number of fused-ring (bicyclic) bond motifs is 3. The fourth-order valence-corrected chi connectivity index (χ4v) is 5.76. The molecule has 6 atom stereocenters. The average molecular weight is 542 g/mol. The number of phenols is 2. The lowest BCUT2D eigenvalue weighted by atomic mass is 9.72. The van der Waals surface area contributed by atoms with E-state index in [1.807, 2.05) is 0 Å². The number of hydrogen-bond donors (Lipinski definition) is 5. The van der Waals surface area contributed by atoms with E-state index in [9.17, 15) is 34.8 Å². The predicted molar refractivity (Wildman–Crippen MR) is 135 cm³/mol. The Bertz CT molecular complexity index is 1380. The van der Waals surface area contributed by atoms with E-state index in [2.05, 4.69) is 0 Å². The summed E-state index contributed by atoms with van der Waals surface area (Å²) in [7, 11) is 0. The number of phenolic OH excluding ortho intramolecular Hbond substituents is 2. The molecule has 2 aliphatic carbocycles. The van der Waals surface area contributed by atoms with Crippen LogP contribution >= 0.6 is 0 Å². The van der Waals surface area contributed by atoms with E-state index in [-0.39, 0.29) is 47.5 Å².